The molecule has 2 rings (SSSR count). The van der Waals surface area contributed by atoms with Crippen LogP contribution in [0.4, 0.5) is 0 Å². The van der Waals surface area contributed by atoms with Gasteiger partial charge in [-0.05, 0) is 37.8 Å². The van der Waals surface area contributed by atoms with Crippen LogP contribution < -0.4 is 5.32 Å². The minimum atomic E-state index is 0.501. The molecule has 0 saturated heterocycles. The van der Waals surface area contributed by atoms with Gasteiger partial charge >= 0.3 is 0 Å². The maximum absolute atomic E-state index is 3.68. The molecule has 1 heteroatoms. The molecule has 0 fully saturated rings. The van der Waals surface area contributed by atoms with E-state index in [-0.39, 0.29) is 0 Å². The third-order valence-corrected chi connectivity index (χ3v) is 3.34. The molecule has 2 aromatic carbocycles. The van der Waals surface area contributed by atoms with Crippen LogP contribution in [0.3, 0.4) is 0 Å². The molecule has 0 heterocycles. The van der Waals surface area contributed by atoms with Gasteiger partial charge in [-0.1, -0.05) is 60.7 Å². The normalized spacial score (nSPS) is 14.0. The summed E-state index contributed by atoms with van der Waals surface area (Å²) in [5.41, 5.74) is 2.80. The second-order valence-electron chi connectivity index (χ2n) is 5.35. The molecular formula is C18H23N. The summed E-state index contributed by atoms with van der Waals surface area (Å²) in [7, 11) is 0. The van der Waals surface area contributed by atoms with E-state index in [2.05, 4.69) is 79.8 Å². The molecule has 0 aliphatic carbocycles. The molecule has 0 aliphatic heterocycles. The number of nitrogens with one attached hydrogen (secondary N) is 1. The van der Waals surface area contributed by atoms with Crippen LogP contribution in [0.1, 0.15) is 25.0 Å². The zero-order valence-electron chi connectivity index (χ0n) is 11.8. The van der Waals surface area contributed by atoms with Crippen molar-refractivity contribution in [2.75, 3.05) is 0 Å². The second kappa shape index (κ2) is 7.10. The lowest BCUT2D eigenvalue weighted by atomic mass is 10.0. The lowest BCUT2D eigenvalue weighted by molar-refractivity contribution is 0.462. The van der Waals surface area contributed by atoms with Gasteiger partial charge in [0.2, 0.25) is 0 Å². The summed E-state index contributed by atoms with van der Waals surface area (Å²) in [6, 6.07) is 22.3. The maximum Gasteiger partial charge on any atom is 0.00817 e. The van der Waals surface area contributed by atoms with E-state index >= 15 is 0 Å². The molecule has 1 nitrogen and oxygen atoms in total. The first-order valence-corrected chi connectivity index (χ1v) is 7.08. The van der Waals surface area contributed by atoms with Crippen molar-refractivity contribution in [3.8, 4) is 0 Å². The Morgan fingerprint density at radius 1 is 0.684 bits per heavy atom. The highest BCUT2D eigenvalue weighted by molar-refractivity contribution is 5.17. The van der Waals surface area contributed by atoms with Crippen LogP contribution in [0.5, 0.6) is 0 Å². The van der Waals surface area contributed by atoms with Crippen LogP contribution in [-0.4, -0.2) is 12.1 Å². The smallest absolute Gasteiger partial charge is 0.00817 e. The van der Waals surface area contributed by atoms with Crippen LogP contribution in [0, 0.1) is 0 Å². The summed E-state index contributed by atoms with van der Waals surface area (Å²) in [6.07, 6.45) is 2.17. The Labute approximate surface area is 116 Å². The Balaban J connectivity index is 1.80. The molecule has 0 saturated carbocycles. The first kappa shape index (κ1) is 13.8. The first-order valence-electron chi connectivity index (χ1n) is 7.08. The van der Waals surface area contributed by atoms with Crippen molar-refractivity contribution in [3.05, 3.63) is 71.8 Å². The van der Waals surface area contributed by atoms with Crippen LogP contribution in [0.25, 0.3) is 0 Å². The van der Waals surface area contributed by atoms with E-state index < -0.39 is 0 Å². The average molecular weight is 253 g/mol. The van der Waals surface area contributed by atoms with Gasteiger partial charge in [0.05, 0.1) is 0 Å². The third kappa shape index (κ3) is 4.88. The van der Waals surface area contributed by atoms with Gasteiger partial charge < -0.3 is 5.32 Å². The summed E-state index contributed by atoms with van der Waals surface area (Å²) >= 11 is 0. The van der Waals surface area contributed by atoms with Gasteiger partial charge in [0, 0.05) is 12.1 Å². The molecule has 2 aromatic rings. The van der Waals surface area contributed by atoms with E-state index in [1.54, 1.807) is 0 Å². The van der Waals surface area contributed by atoms with Crippen LogP contribution in [0.15, 0.2) is 60.7 Å². The summed E-state index contributed by atoms with van der Waals surface area (Å²) in [6.45, 7) is 4.52. The quantitative estimate of drug-likeness (QED) is 0.825. The molecule has 0 unspecified atom stereocenters. The Kier molecular flexibility index (Phi) is 5.17. The molecular weight excluding hydrogens is 230 g/mol. The van der Waals surface area contributed by atoms with E-state index in [0.717, 1.165) is 12.8 Å². The number of hydrogen-bond donors (Lipinski definition) is 1. The minimum absolute atomic E-state index is 0.501. The largest absolute Gasteiger partial charge is 0.311 e. The van der Waals surface area contributed by atoms with Crippen molar-refractivity contribution >= 4 is 0 Å². The minimum Gasteiger partial charge on any atom is -0.311 e. The van der Waals surface area contributed by atoms with E-state index in [0.29, 0.717) is 12.1 Å². The topological polar surface area (TPSA) is 12.0 Å². The standard InChI is InChI=1S/C18H23N/c1-15(13-17-9-5-3-6-10-17)19-16(2)14-18-11-7-4-8-12-18/h3-12,15-16,19H,13-14H2,1-2H3/t15-,16+. The van der Waals surface area contributed by atoms with Crippen LogP contribution in [-0.2, 0) is 12.8 Å². The highest BCUT2D eigenvalue weighted by Gasteiger charge is 2.08. The van der Waals surface area contributed by atoms with Crippen molar-refractivity contribution in [1.82, 2.24) is 5.32 Å². The number of rotatable bonds is 6. The molecule has 0 aromatic heterocycles. The lowest BCUT2D eigenvalue weighted by Crippen LogP contribution is -2.37. The molecule has 0 spiro atoms. The molecule has 0 aliphatic rings. The number of benzene rings is 2. The summed E-state index contributed by atoms with van der Waals surface area (Å²) in [5.74, 6) is 0. The molecule has 0 amide bonds. The lowest BCUT2D eigenvalue weighted by Gasteiger charge is -2.20. The highest BCUT2D eigenvalue weighted by Crippen LogP contribution is 2.06. The SMILES string of the molecule is C[C@H](Cc1ccccc1)N[C@@H](C)Cc1ccccc1. The zero-order valence-corrected chi connectivity index (χ0v) is 11.8. The van der Waals surface area contributed by atoms with E-state index in [1.807, 2.05) is 0 Å². The van der Waals surface area contributed by atoms with Crippen molar-refractivity contribution in [1.29, 1.82) is 0 Å². The third-order valence-electron chi connectivity index (χ3n) is 3.34. The van der Waals surface area contributed by atoms with Gasteiger partial charge in [0.1, 0.15) is 0 Å². The molecule has 0 radical (unpaired) electrons. The fraction of sp³-hybridized carbons (Fsp3) is 0.333. The Morgan fingerprint density at radius 2 is 1.05 bits per heavy atom. The second-order valence-corrected chi connectivity index (χ2v) is 5.35. The van der Waals surface area contributed by atoms with Gasteiger partial charge in [0.15, 0.2) is 0 Å². The molecule has 2 atom stereocenters. The zero-order chi connectivity index (χ0) is 13.5. The van der Waals surface area contributed by atoms with Crippen molar-refractivity contribution in [3.63, 3.8) is 0 Å². The Bertz CT molecular complexity index is 418. The summed E-state index contributed by atoms with van der Waals surface area (Å²) < 4.78 is 0. The molecule has 100 valence electrons. The van der Waals surface area contributed by atoms with E-state index in [4.69, 9.17) is 0 Å². The van der Waals surface area contributed by atoms with Gasteiger partial charge in [-0.25, -0.2) is 0 Å². The fourth-order valence-electron chi connectivity index (χ4n) is 2.54. The Hall–Kier alpha value is -1.60. The van der Waals surface area contributed by atoms with Gasteiger partial charge in [-0.15, -0.1) is 0 Å². The first-order chi connectivity index (χ1) is 9.24. The predicted octanol–water partition coefficient (Wildman–Crippen LogP) is 3.84. The molecule has 19 heavy (non-hydrogen) atoms. The maximum atomic E-state index is 3.68. The summed E-state index contributed by atoms with van der Waals surface area (Å²) in [4.78, 5) is 0. The van der Waals surface area contributed by atoms with Crippen molar-refractivity contribution in [2.45, 2.75) is 38.8 Å². The monoisotopic (exact) mass is 253 g/mol. The number of hydrogen-bond acceptors (Lipinski definition) is 1. The predicted molar refractivity (Wildman–Crippen MR) is 82.4 cm³/mol. The molecule has 1 N–H and O–H groups in total. The summed E-state index contributed by atoms with van der Waals surface area (Å²) in [5, 5.41) is 3.68. The average Bonchev–Trinajstić information content (AvgIpc) is 2.40. The van der Waals surface area contributed by atoms with Gasteiger partial charge in [0.25, 0.3) is 0 Å². The van der Waals surface area contributed by atoms with Gasteiger partial charge in [-0.2, -0.15) is 0 Å². The molecule has 0 bridgehead atoms. The van der Waals surface area contributed by atoms with Crippen molar-refractivity contribution < 1.29 is 0 Å². The van der Waals surface area contributed by atoms with E-state index in [9.17, 15) is 0 Å². The van der Waals surface area contributed by atoms with E-state index in [1.165, 1.54) is 11.1 Å². The Morgan fingerprint density at radius 3 is 1.42 bits per heavy atom. The van der Waals surface area contributed by atoms with Crippen molar-refractivity contribution in [2.24, 2.45) is 0 Å². The van der Waals surface area contributed by atoms with Crippen LogP contribution >= 0.6 is 0 Å². The highest BCUT2D eigenvalue weighted by atomic mass is 14.9. The fourth-order valence-corrected chi connectivity index (χ4v) is 2.54. The van der Waals surface area contributed by atoms with Gasteiger partial charge in [-0.3, -0.25) is 0 Å². The van der Waals surface area contributed by atoms with Crippen LogP contribution in [0.2, 0.25) is 0 Å².